The fraction of sp³-hybridized carbons (Fsp3) is 0.324. The van der Waals surface area contributed by atoms with Gasteiger partial charge in [0.25, 0.3) is 9.70 Å². The number of benzene rings is 4. The first-order chi connectivity index (χ1) is 20.5. The maximum absolute atomic E-state index is 12.3. The first-order valence-electron chi connectivity index (χ1n) is 14.2. The van der Waals surface area contributed by atoms with E-state index >= 15 is 0 Å². The van der Waals surface area contributed by atoms with E-state index in [1.807, 2.05) is 30.3 Å². The van der Waals surface area contributed by atoms with Gasteiger partial charge < -0.3 is 19.9 Å². The molecule has 1 heterocycles. The Morgan fingerprint density at radius 3 is 2.35 bits per heavy atom. The molecule has 1 saturated heterocycles. The number of aliphatic hydroxyl groups excluding tert-OH is 1. The van der Waals surface area contributed by atoms with Crippen molar-refractivity contribution < 1.29 is 19.4 Å². The van der Waals surface area contributed by atoms with Gasteiger partial charge in [-0.1, -0.05) is 115 Å². The van der Waals surface area contributed by atoms with E-state index in [0.717, 1.165) is 16.7 Å². The number of fused-ring (bicyclic) bond motifs is 1. The van der Waals surface area contributed by atoms with Crippen LogP contribution in [0.15, 0.2) is 91.0 Å². The molecule has 1 aliphatic rings. The van der Waals surface area contributed by atoms with Gasteiger partial charge in [0.15, 0.2) is 6.29 Å². The Labute approximate surface area is 267 Å². The zero-order chi connectivity index (χ0) is 30.7. The number of carbonyl (C=O) groups excluding carboxylic acids is 1. The van der Waals surface area contributed by atoms with Crippen LogP contribution in [-0.4, -0.2) is 39.4 Å². The van der Waals surface area contributed by atoms with Gasteiger partial charge in [-0.3, -0.25) is 9.69 Å². The summed E-state index contributed by atoms with van der Waals surface area (Å²) in [5.74, 6) is -0.743. The summed E-state index contributed by atoms with van der Waals surface area (Å²) in [6.07, 6.45) is -1.17. The SMILES string of the molecule is C[C@H]1[C@@H](CN(C)[C@H](C)c2ccc3ccccc3c2)O[C@@H](c2cccc(NC(=O)C(Cl)(Cl)Cl)c2)O[C@H]1c1ccc(CO)cc1. The number of rotatable bonds is 8. The number of hydrogen-bond acceptors (Lipinski definition) is 5. The zero-order valence-corrected chi connectivity index (χ0v) is 26.5. The molecule has 5 atom stereocenters. The molecule has 226 valence electrons. The van der Waals surface area contributed by atoms with Gasteiger partial charge in [-0.25, -0.2) is 0 Å². The fourth-order valence-corrected chi connectivity index (χ4v) is 5.60. The van der Waals surface area contributed by atoms with Crippen molar-refractivity contribution in [2.24, 2.45) is 5.92 Å². The van der Waals surface area contributed by atoms with Gasteiger partial charge in [-0.15, -0.1) is 0 Å². The molecule has 5 rings (SSSR count). The lowest BCUT2D eigenvalue weighted by Gasteiger charge is -2.43. The second-order valence-electron chi connectivity index (χ2n) is 11.1. The predicted octanol–water partition coefficient (Wildman–Crippen LogP) is 8.13. The third-order valence-electron chi connectivity index (χ3n) is 8.18. The largest absolute Gasteiger partial charge is 0.392 e. The highest BCUT2D eigenvalue weighted by molar-refractivity contribution is 6.76. The Hall–Kier alpha value is -2.68. The molecule has 2 N–H and O–H groups in total. The van der Waals surface area contributed by atoms with Gasteiger partial charge in [0.05, 0.1) is 18.8 Å². The second-order valence-corrected chi connectivity index (χ2v) is 13.4. The highest BCUT2D eigenvalue weighted by Crippen LogP contribution is 2.42. The van der Waals surface area contributed by atoms with E-state index in [1.54, 1.807) is 18.2 Å². The molecule has 0 aliphatic carbocycles. The van der Waals surface area contributed by atoms with Crippen LogP contribution < -0.4 is 5.32 Å². The Morgan fingerprint density at radius 1 is 0.930 bits per heavy atom. The summed E-state index contributed by atoms with van der Waals surface area (Å²) >= 11 is 17.3. The Balaban J connectivity index is 1.41. The number of hydrogen-bond donors (Lipinski definition) is 2. The Morgan fingerprint density at radius 2 is 1.65 bits per heavy atom. The van der Waals surface area contributed by atoms with Crippen LogP contribution in [0.3, 0.4) is 0 Å². The zero-order valence-electron chi connectivity index (χ0n) is 24.2. The molecule has 1 fully saturated rings. The van der Waals surface area contributed by atoms with Crippen molar-refractivity contribution in [3.63, 3.8) is 0 Å². The summed E-state index contributed by atoms with van der Waals surface area (Å²) in [6.45, 7) is 4.97. The van der Waals surface area contributed by atoms with Crippen molar-refractivity contribution in [3.05, 3.63) is 113 Å². The van der Waals surface area contributed by atoms with Crippen molar-refractivity contribution in [2.45, 2.75) is 48.8 Å². The third-order valence-corrected chi connectivity index (χ3v) is 8.70. The average Bonchev–Trinajstić information content (AvgIpc) is 3.01. The molecule has 0 spiro atoms. The first kappa shape index (κ1) is 31.7. The summed E-state index contributed by atoms with van der Waals surface area (Å²) in [6, 6.07) is 30.1. The van der Waals surface area contributed by atoms with Crippen LogP contribution in [0.5, 0.6) is 0 Å². The smallest absolute Gasteiger partial charge is 0.276 e. The number of ether oxygens (including phenoxy) is 2. The van der Waals surface area contributed by atoms with E-state index < -0.39 is 16.0 Å². The first-order valence-corrected chi connectivity index (χ1v) is 15.3. The molecule has 4 aromatic rings. The number of carbonyl (C=O) groups is 1. The summed E-state index contributed by atoms with van der Waals surface area (Å²) in [7, 11) is 2.11. The normalized spacial score (nSPS) is 21.6. The molecule has 0 radical (unpaired) electrons. The van der Waals surface area contributed by atoms with Gasteiger partial charge in [0, 0.05) is 29.8 Å². The highest BCUT2D eigenvalue weighted by atomic mass is 35.6. The predicted molar refractivity (Wildman–Crippen MR) is 173 cm³/mol. The molecule has 1 aliphatic heterocycles. The van der Waals surface area contributed by atoms with E-state index in [-0.39, 0.29) is 30.8 Å². The van der Waals surface area contributed by atoms with E-state index in [0.29, 0.717) is 12.2 Å². The van der Waals surface area contributed by atoms with Gasteiger partial charge in [-0.05, 0) is 59.6 Å². The van der Waals surface area contributed by atoms with Crippen molar-refractivity contribution >= 4 is 57.2 Å². The number of amides is 1. The van der Waals surface area contributed by atoms with Gasteiger partial charge >= 0.3 is 0 Å². The maximum atomic E-state index is 12.3. The molecule has 0 saturated carbocycles. The van der Waals surface area contributed by atoms with Gasteiger partial charge in [-0.2, -0.15) is 0 Å². The van der Waals surface area contributed by atoms with Crippen LogP contribution in [0.4, 0.5) is 5.69 Å². The minimum absolute atomic E-state index is 0.00901. The van der Waals surface area contributed by atoms with E-state index in [1.165, 1.54) is 16.3 Å². The minimum Gasteiger partial charge on any atom is -0.392 e. The van der Waals surface area contributed by atoms with E-state index in [9.17, 15) is 9.90 Å². The number of nitrogens with one attached hydrogen (secondary N) is 1. The number of nitrogens with zero attached hydrogens (tertiary/aromatic N) is 1. The Kier molecular flexibility index (Phi) is 9.99. The second kappa shape index (κ2) is 13.5. The van der Waals surface area contributed by atoms with Gasteiger partial charge in [0.2, 0.25) is 0 Å². The summed E-state index contributed by atoms with van der Waals surface area (Å²) in [4.78, 5) is 14.6. The van der Waals surface area contributed by atoms with Crippen molar-refractivity contribution in [1.82, 2.24) is 4.90 Å². The average molecular weight is 642 g/mol. The summed E-state index contributed by atoms with van der Waals surface area (Å²) in [5.41, 5.74) is 4.24. The van der Waals surface area contributed by atoms with Crippen LogP contribution in [0, 0.1) is 5.92 Å². The fourth-order valence-electron chi connectivity index (χ4n) is 5.46. The van der Waals surface area contributed by atoms with Crippen molar-refractivity contribution in [3.8, 4) is 0 Å². The standard InChI is InChI=1S/C34H35Cl3N2O4/c1-21-30(19-39(3)22(2)26-16-15-24-7-4-5-8-27(24)17-26)42-32(43-31(21)25-13-11-23(20-40)12-14-25)28-9-6-10-29(18-28)38-33(41)34(35,36)37/h4-18,21-22,30-32,40H,19-20H2,1-3H3,(H,38,41)/t21-,22+,30+,31+,32+/m0/s1. The van der Waals surface area contributed by atoms with E-state index in [4.69, 9.17) is 44.3 Å². The number of likely N-dealkylation sites (N-methyl/N-ethyl adjacent to an activating group) is 1. The molecule has 9 heteroatoms. The molecule has 4 aromatic carbocycles. The monoisotopic (exact) mass is 640 g/mol. The summed E-state index contributed by atoms with van der Waals surface area (Å²) in [5, 5.41) is 14.6. The van der Waals surface area contributed by atoms with E-state index in [2.05, 4.69) is 73.6 Å². The van der Waals surface area contributed by atoms with Gasteiger partial charge in [0.1, 0.15) is 0 Å². The van der Waals surface area contributed by atoms with Crippen LogP contribution >= 0.6 is 34.8 Å². The molecular weight excluding hydrogens is 607 g/mol. The molecule has 1 amide bonds. The van der Waals surface area contributed by atoms with Crippen molar-refractivity contribution in [1.29, 1.82) is 0 Å². The van der Waals surface area contributed by atoms with Crippen LogP contribution in [-0.2, 0) is 20.9 Å². The van der Waals surface area contributed by atoms with Crippen LogP contribution in [0.1, 0.15) is 54.5 Å². The third kappa shape index (κ3) is 7.52. The maximum Gasteiger partial charge on any atom is 0.276 e. The molecular formula is C34H35Cl3N2O4. The number of halogens is 3. The number of anilines is 1. The minimum atomic E-state index is -2.09. The molecule has 6 nitrogen and oxygen atoms in total. The Bertz CT molecular complexity index is 1560. The topological polar surface area (TPSA) is 71.0 Å². The lowest BCUT2D eigenvalue weighted by atomic mass is 9.89. The van der Waals surface area contributed by atoms with Crippen LogP contribution in [0.25, 0.3) is 10.8 Å². The lowest BCUT2D eigenvalue weighted by molar-refractivity contribution is -0.276. The van der Waals surface area contributed by atoms with Crippen LogP contribution in [0.2, 0.25) is 0 Å². The summed E-state index contributed by atoms with van der Waals surface area (Å²) < 4.78 is 11.1. The number of aliphatic hydroxyl groups is 1. The molecule has 43 heavy (non-hydrogen) atoms. The highest BCUT2D eigenvalue weighted by Gasteiger charge is 2.39. The molecule has 0 unspecified atom stereocenters. The number of alkyl halides is 3. The molecule has 0 bridgehead atoms. The van der Waals surface area contributed by atoms with Crippen molar-refractivity contribution in [2.75, 3.05) is 18.9 Å². The molecule has 0 aromatic heterocycles. The lowest BCUT2D eigenvalue weighted by Crippen LogP contribution is -2.44. The quantitative estimate of drug-likeness (QED) is 0.190.